The van der Waals surface area contributed by atoms with Crippen molar-refractivity contribution in [3.8, 4) is 5.75 Å². The molecule has 1 aliphatic rings. The lowest BCUT2D eigenvalue weighted by Gasteiger charge is -2.36. The van der Waals surface area contributed by atoms with E-state index in [-0.39, 0.29) is 83.1 Å². The Bertz CT molecular complexity index is 2860. The van der Waals surface area contributed by atoms with Gasteiger partial charge in [-0.25, -0.2) is 22.2 Å². The number of anilines is 3. The predicted molar refractivity (Wildman–Crippen MR) is 277 cm³/mol. The molecule has 0 bridgehead atoms. The van der Waals surface area contributed by atoms with E-state index < -0.39 is 85.1 Å². The minimum Gasteiger partial charge on any atom is -0.490 e. The zero-order valence-corrected chi connectivity index (χ0v) is 44.5. The van der Waals surface area contributed by atoms with E-state index in [2.05, 4.69) is 36.6 Å². The van der Waals surface area contributed by atoms with E-state index in [9.17, 15) is 36.4 Å². The van der Waals surface area contributed by atoms with E-state index in [1.807, 2.05) is 18.2 Å². The summed E-state index contributed by atoms with van der Waals surface area (Å²) in [5.41, 5.74) is 3.17. The molecule has 4 atom stereocenters. The number of fused-ring (bicyclic) bond motifs is 2. The smallest absolute Gasteiger partial charge is 0.247 e. The summed E-state index contributed by atoms with van der Waals surface area (Å²) in [6, 6.07) is 10.3. The number of nitrogens with one attached hydrogen (secondary N) is 5. The third-order valence-electron chi connectivity index (χ3n) is 12.0. The van der Waals surface area contributed by atoms with Crippen LogP contribution in [0.15, 0.2) is 71.2 Å². The fourth-order valence-electron chi connectivity index (χ4n) is 7.78. The van der Waals surface area contributed by atoms with Crippen LogP contribution >= 0.6 is 11.3 Å². The van der Waals surface area contributed by atoms with Crippen LogP contribution in [-0.4, -0.2) is 149 Å². The number of likely N-dealkylation sites (N-methyl/N-ethyl adjacent to an activating group) is 1. The highest BCUT2D eigenvalue weighted by molar-refractivity contribution is 7.92. The Kier molecular flexibility index (Phi) is 19.8. The van der Waals surface area contributed by atoms with E-state index in [1.165, 1.54) is 4.90 Å². The van der Waals surface area contributed by atoms with Gasteiger partial charge in [-0.05, 0) is 89.0 Å². The lowest BCUT2D eigenvalue weighted by atomic mass is 9.85. The summed E-state index contributed by atoms with van der Waals surface area (Å²) >= 11 is 1.55. The zero-order chi connectivity index (χ0) is 53.8. The monoisotopic (exact) mass is 1070 g/mol. The van der Waals surface area contributed by atoms with E-state index in [4.69, 9.17) is 23.7 Å². The van der Waals surface area contributed by atoms with Crippen molar-refractivity contribution >= 4 is 83.0 Å². The second-order valence-corrected chi connectivity index (χ2v) is 23.2. The molecule has 74 heavy (non-hydrogen) atoms. The molecule has 5 aromatic rings. The van der Waals surface area contributed by atoms with Crippen LogP contribution in [0.4, 0.5) is 25.8 Å². The summed E-state index contributed by atoms with van der Waals surface area (Å²) < 4.78 is 85.1. The summed E-state index contributed by atoms with van der Waals surface area (Å²) in [5, 5.41) is 14.6. The molecule has 4 amide bonds. The maximum atomic E-state index is 14.5. The molecule has 1 aliphatic heterocycles. The van der Waals surface area contributed by atoms with Crippen molar-refractivity contribution in [2.75, 3.05) is 83.7 Å². The van der Waals surface area contributed by atoms with Gasteiger partial charge in [0.2, 0.25) is 23.6 Å². The fraction of sp³-hybridized carbons (Fsp3) is 0.490. The molecule has 402 valence electrons. The standard InChI is InChI=1S/C51H66F2N8O11S2/c1-31(54-8)47(63)60-46(50(2,3)4)49(65)61-28-33(25-40(61)48(64)59-45-35(52)10-9-11-36(45)53)58-44(62)29-71-21-20-69-17-16-68-18-19-70-22-23-72-41-27-38-34(26-43(41)74(66,67)51(5,6)7)37(14-15-55-38)57-32-12-13-42-39(24-32)56-30-73-42/h9-15,24,26-27,30-31,33,40,46,54H,16-23,25,28-29H2,1-8H3,(H,55,57)(H,58,62)(H,59,64)(H,60,63)/t31?,33-,40-,46?/m0/s1. The zero-order valence-electron chi connectivity index (χ0n) is 42.8. The van der Waals surface area contributed by atoms with Gasteiger partial charge in [0.05, 0.1) is 78.3 Å². The molecule has 23 heteroatoms. The first kappa shape index (κ1) is 57.3. The molecule has 2 aromatic heterocycles. The maximum Gasteiger partial charge on any atom is 0.247 e. The summed E-state index contributed by atoms with van der Waals surface area (Å²) in [6.07, 6.45) is 1.56. The van der Waals surface area contributed by atoms with Gasteiger partial charge in [-0.3, -0.25) is 24.2 Å². The molecule has 1 saturated heterocycles. The van der Waals surface area contributed by atoms with Crippen molar-refractivity contribution in [2.45, 2.75) is 88.7 Å². The molecular formula is C51H66F2N8O11S2. The number of amides is 4. The summed E-state index contributed by atoms with van der Waals surface area (Å²) in [6.45, 7) is 12.7. The molecule has 3 heterocycles. The number of sulfone groups is 1. The topological polar surface area (TPSA) is 238 Å². The number of rotatable bonds is 25. The number of benzene rings is 3. The first-order chi connectivity index (χ1) is 35.1. The van der Waals surface area contributed by atoms with Crippen molar-refractivity contribution in [3.05, 3.63) is 77.9 Å². The number of hydrogen-bond donors (Lipinski definition) is 5. The number of para-hydroxylation sites is 1. The Morgan fingerprint density at radius 2 is 1.49 bits per heavy atom. The van der Waals surface area contributed by atoms with Crippen LogP contribution in [0.25, 0.3) is 21.1 Å². The highest BCUT2D eigenvalue weighted by atomic mass is 32.2. The lowest BCUT2D eigenvalue weighted by molar-refractivity contribution is -0.143. The number of aromatic nitrogens is 2. The summed E-state index contributed by atoms with van der Waals surface area (Å²) in [4.78, 5) is 63.7. The molecule has 5 N–H and O–H groups in total. The molecule has 0 aliphatic carbocycles. The third kappa shape index (κ3) is 14.9. The van der Waals surface area contributed by atoms with Gasteiger partial charge in [0.15, 0.2) is 9.84 Å². The van der Waals surface area contributed by atoms with E-state index in [0.29, 0.717) is 16.6 Å². The van der Waals surface area contributed by atoms with Crippen LogP contribution < -0.4 is 31.3 Å². The van der Waals surface area contributed by atoms with Crippen LogP contribution in [0.5, 0.6) is 5.75 Å². The van der Waals surface area contributed by atoms with Gasteiger partial charge in [-0.15, -0.1) is 11.3 Å². The van der Waals surface area contributed by atoms with Crippen LogP contribution in [0.3, 0.4) is 0 Å². The molecule has 0 radical (unpaired) electrons. The van der Waals surface area contributed by atoms with E-state index in [0.717, 1.165) is 34.1 Å². The quantitative estimate of drug-likeness (QED) is 0.0438. The average molecular weight is 1070 g/mol. The second kappa shape index (κ2) is 25.5. The molecule has 3 aromatic carbocycles. The Hall–Kier alpha value is -5.95. The first-order valence-electron chi connectivity index (χ1n) is 24.1. The number of thiazole rings is 1. The van der Waals surface area contributed by atoms with Crippen LogP contribution in [0.2, 0.25) is 0 Å². The van der Waals surface area contributed by atoms with Gasteiger partial charge >= 0.3 is 0 Å². The van der Waals surface area contributed by atoms with Crippen LogP contribution in [0.1, 0.15) is 54.9 Å². The highest BCUT2D eigenvalue weighted by Crippen LogP contribution is 2.38. The van der Waals surface area contributed by atoms with Gasteiger partial charge in [0.25, 0.3) is 0 Å². The van der Waals surface area contributed by atoms with Crippen molar-refractivity contribution < 1.29 is 60.1 Å². The SMILES string of the molecule is CNC(C)C(=O)NC(C(=O)N1C[C@@H](NC(=O)COCCOCCOCCOCCOc2cc3nccc(Nc4ccc5scnc5c4)c3cc2S(=O)(=O)C(C)(C)C)C[C@H]1C(=O)Nc1c(F)cccc1F)C(C)(C)C. The molecule has 0 spiro atoms. The van der Waals surface area contributed by atoms with Gasteiger partial charge in [-0.1, -0.05) is 26.8 Å². The van der Waals surface area contributed by atoms with Crippen LogP contribution in [0, 0.1) is 17.0 Å². The van der Waals surface area contributed by atoms with Gasteiger partial charge in [-0.2, -0.15) is 0 Å². The average Bonchev–Trinajstić information content (AvgIpc) is 4.00. The van der Waals surface area contributed by atoms with Crippen molar-refractivity contribution in [1.82, 2.24) is 30.8 Å². The fourth-order valence-corrected chi connectivity index (χ4v) is 9.75. The normalized spacial score (nSPS) is 16.0. The Morgan fingerprint density at radius 1 is 0.838 bits per heavy atom. The molecule has 1 fully saturated rings. The van der Waals surface area contributed by atoms with Crippen LogP contribution in [-0.2, 0) is 48.0 Å². The number of ether oxygens (including phenoxy) is 5. The number of carbonyl (C=O) groups excluding carboxylic acids is 4. The number of pyridine rings is 1. The largest absolute Gasteiger partial charge is 0.490 e. The molecule has 6 rings (SSSR count). The van der Waals surface area contributed by atoms with Crippen molar-refractivity contribution in [2.24, 2.45) is 5.41 Å². The molecule has 19 nitrogen and oxygen atoms in total. The lowest BCUT2D eigenvalue weighted by Crippen LogP contribution is -2.59. The first-order valence-corrected chi connectivity index (χ1v) is 26.5. The number of carbonyl (C=O) groups is 4. The highest BCUT2D eigenvalue weighted by Gasteiger charge is 2.46. The summed E-state index contributed by atoms with van der Waals surface area (Å²) in [5.74, 6) is -4.30. The van der Waals surface area contributed by atoms with E-state index >= 15 is 0 Å². The number of nitrogens with zero attached hydrogens (tertiary/aromatic N) is 3. The minimum atomic E-state index is -3.85. The number of hydrogen-bond acceptors (Lipinski definition) is 16. The van der Waals surface area contributed by atoms with Crippen molar-refractivity contribution in [1.29, 1.82) is 0 Å². The number of likely N-dealkylation sites (tertiary alicyclic amines) is 1. The van der Waals surface area contributed by atoms with Gasteiger partial charge in [0.1, 0.15) is 53.3 Å². The second-order valence-electron chi connectivity index (χ2n) is 19.6. The maximum absolute atomic E-state index is 14.5. The predicted octanol–water partition coefficient (Wildman–Crippen LogP) is 5.75. The molecule has 0 saturated carbocycles. The van der Waals surface area contributed by atoms with Gasteiger partial charge < -0.3 is 55.2 Å². The minimum absolute atomic E-state index is 0.0430. The number of halogens is 2. The van der Waals surface area contributed by atoms with E-state index in [1.54, 1.807) is 96.8 Å². The van der Waals surface area contributed by atoms with Crippen molar-refractivity contribution in [3.63, 3.8) is 0 Å². The van der Waals surface area contributed by atoms with Gasteiger partial charge in [0, 0.05) is 41.6 Å². The Morgan fingerprint density at radius 3 is 2.12 bits per heavy atom. The summed E-state index contributed by atoms with van der Waals surface area (Å²) in [7, 11) is -2.26. The molecular weight excluding hydrogens is 1000 g/mol. The Balaban J connectivity index is 0.903. The third-order valence-corrected chi connectivity index (χ3v) is 15.4. The Labute approximate surface area is 433 Å². The molecule has 2 unspecified atom stereocenters.